The average Bonchev–Trinajstić information content (AvgIpc) is 2.70. The molecule has 0 aliphatic carbocycles. The van der Waals surface area contributed by atoms with Gasteiger partial charge in [-0.15, -0.1) is 0 Å². The van der Waals surface area contributed by atoms with Crippen molar-refractivity contribution in [2.75, 3.05) is 18.1 Å². The number of imidazole rings is 1. The Morgan fingerprint density at radius 2 is 2.47 bits per heavy atom. The van der Waals surface area contributed by atoms with Crippen molar-refractivity contribution < 1.29 is 9.53 Å². The van der Waals surface area contributed by atoms with Crippen LogP contribution < -0.4 is 5.73 Å². The van der Waals surface area contributed by atoms with Gasteiger partial charge in [0, 0.05) is 37.4 Å². The van der Waals surface area contributed by atoms with Gasteiger partial charge in [0.25, 0.3) is 0 Å². The Morgan fingerprint density at radius 1 is 1.71 bits per heavy atom. The minimum absolute atomic E-state index is 0.322. The van der Waals surface area contributed by atoms with Crippen molar-refractivity contribution in [2.24, 2.45) is 12.8 Å². The molecule has 96 valence electrons. The number of carbonyl (C=O) groups excluding carboxylic acids is 1. The summed E-state index contributed by atoms with van der Waals surface area (Å²) in [6.45, 7) is 2.16. The highest BCUT2D eigenvalue weighted by Crippen LogP contribution is 2.06. The van der Waals surface area contributed by atoms with Crippen LogP contribution in [0, 0.1) is 0 Å². The zero-order valence-electron chi connectivity index (χ0n) is 10.3. The van der Waals surface area contributed by atoms with Crippen LogP contribution in [0.4, 0.5) is 0 Å². The molecule has 0 saturated heterocycles. The van der Waals surface area contributed by atoms with Gasteiger partial charge in [0.05, 0.1) is 6.61 Å². The third-order valence-corrected chi connectivity index (χ3v) is 3.37. The number of aryl methyl sites for hydroxylation is 2. The highest BCUT2D eigenvalue weighted by atomic mass is 32.2. The standard InChI is InChI=1S/C11H19N3O2S/c1-3-16-11(15)9(12)8-17-7-4-10-13-5-6-14(10)2/h5-6,9H,3-4,7-8,12H2,1-2H3. The Kier molecular flexibility index (Phi) is 6.07. The number of carbonyl (C=O) groups is 1. The number of esters is 1. The molecule has 5 nitrogen and oxygen atoms in total. The first-order chi connectivity index (χ1) is 8.15. The molecule has 0 aromatic carbocycles. The van der Waals surface area contributed by atoms with E-state index in [9.17, 15) is 4.79 Å². The lowest BCUT2D eigenvalue weighted by Crippen LogP contribution is -2.34. The van der Waals surface area contributed by atoms with E-state index in [1.54, 1.807) is 24.9 Å². The minimum atomic E-state index is -0.527. The van der Waals surface area contributed by atoms with Crippen LogP contribution in [0.3, 0.4) is 0 Å². The van der Waals surface area contributed by atoms with E-state index in [1.165, 1.54) is 0 Å². The molecule has 0 fully saturated rings. The van der Waals surface area contributed by atoms with Gasteiger partial charge in [0.2, 0.25) is 0 Å². The van der Waals surface area contributed by atoms with Gasteiger partial charge in [0.15, 0.2) is 0 Å². The van der Waals surface area contributed by atoms with Crippen LogP contribution in [0.5, 0.6) is 0 Å². The van der Waals surface area contributed by atoms with Crippen LogP contribution in [-0.4, -0.2) is 39.7 Å². The zero-order valence-corrected chi connectivity index (χ0v) is 11.1. The summed E-state index contributed by atoms with van der Waals surface area (Å²) in [5.74, 6) is 2.21. The number of hydrogen-bond donors (Lipinski definition) is 1. The molecule has 0 bridgehead atoms. The quantitative estimate of drug-likeness (QED) is 0.572. The largest absolute Gasteiger partial charge is 0.465 e. The number of hydrogen-bond acceptors (Lipinski definition) is 5. The summed E-state index contributed by atoms with van der Waals surface area (Å²) >= 11 is 1.64. The molecular weight excluding hydrogens is 238 g/mol. The summed E-state index contributed by atoms with van der Waals surface area (Å²) in [7, 11) is 1.97. The van der Waals surface area contributed by atoms with Crippen LogP contribution in [0.2, 0.25) is 0 Å². The second kappa shape index (κ2) is 7.34. The summed E-state index contributed by atoms with van der Waals surface area (Å²) in [6.07, 6.45) is 4.58. The predicted molar refractivity (Wildman–Crippen MR) is 68.8 cm³/mol. The maximum Gasteiger partial charge on any atom is 0.323 e. The van der Waals surface area contributed by atoms with Crippen molar-refractivity contribution in [3.63, 3.8) is 0 Å². The van der Waals surface area contributed by atoms with E-state index in [0.29, 0.717) is 12.4 Å². The van der Waals surface area contributed by atoms with Crippen molar-refractivity contribution in [3.8, 4) is 0 Å². The van der Waals surface area contributed by atoms with Gasteiger partial charge in [0.1, 0.15) is 11.9 Å². The Balaban J connectivity index is 2.16. The fourth-order valence-electron chi connectivity index (χ4n) is 1.33. The lowest BCUT2D eigenvalue weighted by molar-refractivity contribution is -0.144. The van der Waals surface area contributed by atoms with Gasteiger partial charge in [-0.05, 0) is 6.92 Å². The molecule has 1 heterocycles. The van der Waals surface area contributed by atoms with Crippen molar-refractivity contribution >= 4 is 17.7 Å². The van der Waals surface area contributed by atoms with E-state index in [4.69, 9.17) is 10.5 Å². The van der Waals surface area contributed by atoms with Crippen LogP contribution >= 0.6 is 11.8 Å². The van der Waals surface area contributed by atoms with Crippen LogP contribution in [-0.2, 0) is 23.0 Å². The van der Waals surface area contributed by atoms with Gasteiger partial charge in [-0.2, -0.15) is 11.8 Å². The summed E-state index contributed by atoms with van der Waals surface area (Å²) in [6, 6.07) is -0.527. The second-order valence-corrected chi connectivity index (χ2v) is 4.79. The zero-order chi connectivity index (χ0) is 12.7. The average molecular weight is 257 g/mol. The molecule has 1 unspecified atom stereocenters. The third-order valence-electron chi connectivity index (χ3n) is 2.28. The van der Waals surface area contributed by atoms with Gasteiger partial charge in [-0.1, -0.05) is 0 Å². The Hall–Kier alpha value is -1.01. The summed E-state index contributed by atoms with van der Waals surface area (Å²) in [5, 5.41) is 0. The highest BCUT2D eigenvalue weighted by molar-refractivity contribution is 7.99. The number of aromatic nitrogens is 2. The molecule has 17 heavy (non-hydrogen) atoms. The van der Waals surface area contributed by atoms with E-state index >= 15 is 0 Å². The number of ether oxygens (including phenoxy) is 1. The molecule has 1 aromatic heterocycles. The smallest absolute Gasteiger partial charge is 0.323 e. The number of rotatable bonds is 7. The molecule has 0 spiro atoms. The van der Waals surface area contributed by atoms with Crippen molar-refractivity contribution in [1.82, 2.24) is 9.55 Å². The number of nitrogens with zero attached hydrogens (tertiary/aromatic N) is 2. The maximum atomic E-state index is 11.2. The first-order valence-electron chi connectivity index (χ1n) is 5.61. The molecule has 1 aromatic rings. The first-order valence-corrected chi connectivity index (χ1v) is 6.76. The molecule has 0 radical (unpaired) electrons. The summed E-state index contributed by atoms with van der Waals surface area (Å²) in [4.78, 5) is 15.5. The van der Waals surface area contributed by atoms with E-state index < -0.39 is 6.04 Å². The molecule has 1 atom stereocenters. The van der Waals surface area contributed by atoms with Gasteiger partial charge in [-0.25, -0.2) is 4.98 Å². The molecule has 2 N–H and O–H groups in total. The van der Waals surface area contributed by atoms with Crippen LogP contribution in [0.25, 0.3) is 0 Å². The summed E-state index contributed by atoms with van der Waals surface area (Å²) < 4.78 is 6.82. The lowest BCUT2D eigenvalue weighted by Gasteiger charge is -2.09. The topological polar surface area (TPSA) is 70.1 Å². The molecule has 6 heteroatoms. The normalized spacial score (nSPS) is 12.4. The third kappa shape index (κ3) is 4.79. The molecule has 0 saturated carbocycles. The van der Waals surface area contributed by atoms with Gasteiger partial charge in [-0.3, -0.25) is 4.79 Å². The van der Waals surface area contributed by atoms with Crippen LogP contribution in [0.1, 0.15) is 12.7 Å². The SMILES string of the molecule is CCOC(=O)C(N)CSCCc1nccn1C. The van der Waals surface area contributed by atoms with Crippen molar-refractivity contribution in [3.05, 3.63) is 18.2 Å². The second-order valence-electron chi connectivity index (χ2n) is 3.64. The fourth-order valence-corrected chi connectivity index (χ4v) is 2.21. The van der Waals surface area contributed by atoms with Crippen molar-refractivity contribution in [1.29, 1.82) is 0 Å². The van der Waals surface area contributed by atoms with Crippen LogP contribution in [0.15, 0.2) is 12.4 Å². The molecular formula is C11H19N3O2S. The predicted octanol–water partition coefficient (Wildman–Crippen LogP) is 0.586. The number of thioether (sulfide) groups is 1. The van der Waals surface area contributed by atoms with Gasteiger partial charge < -0.3 is 15.0 Å². The van der Waals surface area contributed by atoms with Crippen molar-refractivity contribution in [2.45, 2.75) is 19.4 Å². The van der Waals surface area contributed by atoms with E-state index in [1.807, 2.05) is 17.8 Å². The first kappa shape index (κ1) is 14.1. The monoisotopic (exact) mass is 257 g/mol. The molecule has 0 aliphatic heterocycles. The van der Waals surface area contributed by atoms with E-state index in [2.05, 4.69) is 4.98 Å². The molecule has 0 aliphatic rings. The molecule has 0 amide bonds. The molecule has 1 rings (SSSR count). The van der Waals surface area contributed by atoms with Gasteiger partial charge >= 0.3 is 5.97 Å². The van der Waals surface area contributed by atoms with E-state index in [-0.39, 0.29) is 5.97 Å². The lowest BCUT2D eigenvalue weighted by atomic mass is 10.4. The summed E-state index contributed by atoms with van der Waals surface area (Å²) in [5.41, 5.74) is 5.68. The van der Waals surface area contributed by atoms with E-state index in [0.717, 1.165) is 18.0 Å². The maximum absolute atomic E-state index is 11.2. The fraction of sp³-hybridized carbons (Fsp3) is 0.636. The Labute approximate surface area is 106 Å². The Morgan fingerprint density at radius 3 is 3.06 bits per heavy atom. The Bertz CT molecular complexity index is 354. The minimum Gasteiger partial charge on any atom is -0.465 e. The highest BCUT2D eigenvalue weighted by Gasteiger charge is 2.14. The number of nitrogens with two attached hydrogens (primary N) is 1.